The van der Waals surface area contributed by atoms with Crippen LogP contribution in [0, 0.1) is 0 Å². The molecule has 0 saturated heterocycles. The van der Waals surface area contributed by atoms with Crippen LogP contribution in [0.5, 0.6) is 0 Å². The molecule has 90 valence electrons. The van der Waals surface area contributed by atoms with Gasteiger partial charge >= 0.3 is 29.6 Å². The maximum atomic E-state index is 10.7. The molecule has 0 aromatic carbocycles. The molecule has 0 unspecified atom stereocenters. The van der Waals surface area contributed by atoms with Crippen LogP contribution in [0.15, 0.2) is 0 Å². The minimum atomic E-state index is -0.531. The van der Waals surface area contributed by atoms with Crippen LogP contribution in [0.25, 0.3) is 0 Å². The summed E-state index contributed by atoms with van der Waals surface area (Å²) >= 11 is 0. The Morgan fingerprint density at radius 1 is 0.875 bits per heavy atom. The van der Waals surface area contributed by atoms with E-state index in [4.69, 9.17) is 0 Å². The molecule has 0 radical (unpaired) electrons. The van der Waals surface area contributed by atoms with Gasteiger partial charge in [0.1, 0.15) is 5.78 Å². The Morgan fingerprint density at radius 2 is 1.31 bits per heavy atom. The molecule has 0 bridgehead atoms. The van der Waals surface area contributed by atoms with E-state index in [-0.39, 0.29) is 35.3 Å². The number of Topliss-reactive ketones (excluding diaryl/α,β-unsaturated/α-hetero) is 1. The van der Waals surface area contributed by atoms with Crippen LogP contribution in [0.3, 0.4) is 0 Å². The van der Waals surface area contributed by atoms with E-state index in [1.54, 1.807) is 0 Å². The normalized spacial score (nSPS) is 9.88. The summed E-state index contributed by atoms with van der Waals surface area (Å²) in [5, 5.41) is 10.1. The van der Waals surface area contributed by atoms with Gasteiger partial charge < -0.3 is 9.90 Å². The summed E-state index contributed by atoms with van der Waals surface area (Å²) in [6.07, 6.45) is 11.7. The molecule has 0 atom stereocenters. The number of rotatable bonds is 11. The van der Waals surface area contributed by atoms with E-state index in [1.807, 2.05) is 0 Å². The molecule has 16 heavy (non-hydrogen) atoms. The van der Waals surface area contributed by atoms with Crippen molar-refractivity contribution in [2.75, 3.05) is 6.61 Å². The van der Waals surface area contributed by atoms with Crippen molar-refractivity contribution in [2.45, 2.75) is 71.1 Å². The number of carbonyl (C=O) groups excluding carboxylic acids is 1. The van der Waals surface area contributed by atoms with Gasteiger partial charge in [0, 0.05) is 6.42 Å². The number of hydrogen-bond acceptors (Lipinski definition) is 2. The summed E-state index contributed by atoms with van der Waals surface area (Å²) in [7, 11) is 0. The van der Waals surface area contributed by atoms with E-state index in [0.29, 0.717) is 6.42 Å². The molecule has 0 aliphatic rings. The van der Waals surface area contributed by atoms with Gasteiger partial charge in [0.15, 0.2) is 0 Å². The molecule has 0 amide bonds. The molecule has 0 saturated carbocycles. The van der Waals surface area contributed by atoms with Gasteiger partial charge in [-0.05, 0) is 6.42 Å². The van der Waals surface area contributed by atoms with Gasteiger partial charge in [-0.1, -0.05) is 64.9 Å². The fourth-order valence-electron chi connectivity index (χ4n) is 1.70. The predicted octanol–water partition coefficient (Wildman–Crippen LogP) is -0.159. The molecule has 0 N–H and O–H groups in total. The zero-order chi connectivity index (χ0) is 11.4. The predicted molar refractivity (Wildman–Crippen MR) is 61.7 cm³/mol. The maximum absolute atomic E-state index is 10.7. The van der Waals surface area contributed by atoms with E-state index in [9.17, 15) is 9.90 Å². The van der Waals surface area contributed by atoms with Gasteiger partial charge in [-0.15, -0.1) is 0 Å². The van der Waals surface area contributed by atoms with Gasteiger partial charge in [-0.25, -0.2) is 0 Å². The van der Waals surface area contributed by atoms with Crippen molar-refractivity contribution in [1.29, 1.82) is 0 Å². The fourth-order valence-corrected chi connectivity index (χ4v) is 1.70. The average Bonchev–Trinajstić information content (AvgIpc) is 2.26. The molecule has 3 heteroatoms. The van der Waals surface area contributed by atoms with Crippen LogP contribution in [-0.4, -0.2) is 12.4 Å². The van der Waals surface area contributed by atoms with Crippen molar-refractivity contribution in [1.82, 2.24) is 0 Å². The Bertz CT molecular complexity index is 149. The van der Waals surface area contributed by atoms with Crippen molar-refractivity contribution in [3.8, 4) is 0 Å². The molecule has 0 aliphatic heterocycles. The fraction of sp³-hybridized carbons (Fsp3) is 0.923. The largest absolute Gasteiger partial charge is 1.00 e. The molecular formula is C13H25NaO2. The third kappa shape index (κ3) is 14.6. The van der Waals surface area contributed by atoms with Gasteiger partial charge in [0.25, 0.3) is 0 Å². The molecule has 0 fully saturated rings. The van der Waals surface area contributed by atoms with Crippen molar-refractivity contribution >= 4 is 5.78 Å². The molecule has 0 aliphatic carbocycles. The summed E-state index contributed by atoms with van der Waals surface area (Å²) < 4.78 is 0. The third-order valence-corrected chi connectivity index (χ3v) is 2.72. The van der Waals surface area contributed by atoms with Crippen LogP contribution in [0.1, 0.15) is 71.1 Å². The van der Waals surface area contributed by atoms with Crippen LogP contribution >= 0.6 is 0 Å². The summed E-state index contributed by atoms with van der Waals surface area (Å²) in [6.45, 7) is 1.70. The first-order valence-electron chi connectivity index (χ1n) is 6.41. The molecule has 0 aromatic rings. The van der Waals surface area contributed by atoms with Gasteiger partial charge in [0.05, 0.1) is 0 Å². The molecule has 0 spiro atoms. The standard InChI is InChI=1S/C13H25O2.Na/c1-2-3-4-5-6-7-8-9-10-11-13(15)12-14;/h2-12H2,1H3;/q-1;+1. The van der Waals surface area contributed by atoms with Crippen LogP contribution < -0.4 is 34.7 Å². The maximum Gasteiger partial charge on any atom is 1.00 e. The van der Waals surface area contributed by atoms with E-state index in [1.165, 1.54) is 44.9 Å². The zero-order valence-electron chi connectivity index (χ0n) is 11.1. The van der Waals surface area contributed by atoms with Crippen LogP contribution in [0.4, 0.5) is 0 Å². The van der Waals surface area contributed by atoms with Crippen molar-refractivity contribution in [3.63, 3.8) is 0 Å². The molecular weight excluding hydrogens is 211 g/mol. The number of carbonyl (C=O) groups is 1. The smallest absolute Gasteiger partial charge is 0.849 e. The number of ketones is 1. The van der Waals surface area contributed by atoms with Gasteiger partial charge in [-0.3, -0.25) is 0 Å². The van der Waals surface area contributed by atoms with Gasteiger partial charge in [-0.2, -0.15) is 0 Å². The third-order valence-electron chi connectivity index (χ3n) is 2.72. The molecule has 2 nitrogen and oxygen atoms in total. The summed E-state index contributed by atoms with van der Waals surface area (Å²) in [6, 6.07) is 0. The number of unbranched alkanes of at least 4 members (excludes halogenated alkanes) is 8. The first kappa shape index (κ1) is 19.0. The molecule has 0 rings (SSSR count). The monoisotopic (exact) mass is 236 g/mol. The van der Waals surface area contributed by atoms with Crippen molar-refractivity contribution in [2.24, 2.45) is 0 Å². The summed E-state index contributed by atoms with van der Waals surface area (Å²) in [5.74, 6) is -0.127. The summed E-state index contributed by atoms with van der Waals surface area (Å²) in [5.41, 5.74) is 0. The second-order valence-electron chi connectivity index (χ2n) is 4.26. The van der Waals surface area contributed by atoms with Crippen molar-refractivity contribution < 1.29 is 39.5 Å². The van der Waals surface area contributed by atoms with Crippen LogP contribution in [0.2, 0.25) is 0 Å². The Morgan fingerprint density at radius 3 is 1.75 bits per heavy atom. The zero-order valence-corrected chi connectivity index (χ0v) is 13.1. The van der Waals surface area contributed by atoms with E-state index in [2.05, 4.69) is 6.92 Å². The first-order valence-corrected chi connectivity index (χ1v) is 6.41. The Labute approximate surface area is 122 Å². The molecule has 0 aromatic heterocycles. The minimum Gasteiger partial charge on any atom is -0.849 e. The SMILES string of the molecule is CCCCCCCCCCCC(=O)C[O-].[Na+]. The Balaban J connectivity index is 0. The first-order chi connectivity index (χ1) is 7.31. The van der Waals surface area contributed by atoms with Crippen molar-refractivity contribution in [3.05, 3.63) is 0 Å². The van der Waals surface area contributed by atoms with Gasteiger partial charge in [0.2, 0.25) is 0 Å². The quantitative estimate of drug-likeness (QED) is 0.369. The second-order valence-corrected chi connectivity index (χ2v) is 4.26. The second kappa shape index (κ2) is 15.6. The Hall–Kier alpha value is 0.630. The van der Waals surface area contributed by atoms with Crippen LogP contribution in [-0.2, 0) is 4.79 Å². The van der Waals surface area contributed by atoms with E-state index in [0.717, 1.165) is 12.8 Å². The Kier molecular flexibility index (Phi) is 18.5. The minimum absolute atomic E-state index is 0. The summed E-state index contributed by atoms with van der Waals surface area (Å²) in [4.78, 5) is 10.7. The van der Waals surface area contributed by atoms with E-state index < -0.39 is 6.61 Å². The average molecular weight is 236 g/mol. The van der Waals surface area contributed by atoms with E-state index >= 15 is 0 Å². The topological polar surface area (TPSA) is 40.1 Å². The number of hydrogen-bond donors (Lipinski definition) is 0. The molecule has 0 heterocycles.